The summed E-state index contributed by atoms with van der Waals surface area (Å²) < 4.78 is 7.38. The number of hydrazone groups is 1. The molecule has 0 unspecified atom stereocenters. The molecule has 2 aromatic carbocycles. The van der Waals surface area contributed by atoms with E-state index >= 15 is 0 Å². The Bertz CT molecular complexity index is 880. The van der Waals surface area contributed by atoms with Crippen molar-refractivity contribution in [3.63, 3.8) is 0 Å². The molecule has 9 heteroatoms. The number of amides is 1. The van der Waals surface area contributed by atoms with Crippen molar-refractivity contribution in [2.45, 2.75) is 32.6 Å². The van der Waals surface area contributed by atoms with E-state index in [2.05, 4.69) is 49.3 Å². The zero-order valence-electron chi connectivity index (χ0n) is 15.9. The number of non-ortho nitro benzene ring substituents is 1. The number of hydrogen-bond acceptors (Lipinski definition) is 5. The first-order valence-corrected chi connectivity index (χ1v) is 10.7. The van der Waals surface area contributed by atoms with Crippen molar-refractivity contribution in [1.29, 1.82) is 0 Å². The molecule has 0 bridgehead atoms. The lowest BCUT2D eigenvalue weighted by Crippen LogP contribution is -2.17. The number of ether oxygens (including phenoxy) is 1. The van der Waals surface area contributed by atoms with Crippen LogP contribution in [0.4, 0.5) is 5.69 Å². The van der Waals surface area contributed by atoms with Gasteiger partial charge in [0.15, 0.2) is 0 Å². The van der Waals surface area contributed by atoms with Crippen LogP contribution in [0.5, 0.6) is 5.75 Å². The molecule has 1 amide bonds. The monoisotopic (exact) mass is 525 g/mol. The van der Waals surface area contributed by atoms with E-state index in [1.165, 1.54) is 43.3 Å². The molecule has 0 fully saturated rings. The van der Waals surface area contributed by atoms with Gasteiger partial charge in [-0.2, -0.15) is 5.10 Å². The Morgan fingerprint density at radius 3 is 2.59 bits per heavy atom. The number of carbonyl (C=O) groups is 1. The van der Waals surface area contributed by atoms with E-state index in [1.807, 2.05) is 12.1 Å². The summed E-state index contributed by atoms with van der Waals surface area (Å²) in [7, 11) is 0. The molecule has 0 aliphatic rings. The van der Waals surface area contributed by atoms with Gasteiger partial charge in [0.05, 0.1) is 26.7 Å². The summed E-state index contributed by atoms with van der Waals surface area (Å²) in [6.45, 7) is 2.81. The molecular weight excluding hydrogens is 506 g/mol. The number of nitrogens with one attached hydrogen (secondary N) is 1. The van der Waals surface area contributed by atoms with Crippen LogP contribution in [0.3, 0.4) is 0 Å². The molecule has 0 aliphatic heterocycles. The van der Waals surface area contributed by atoms with Crippen LogP contribution in [0.25, 0.3) is 0 Å². The highest BCUT2D eigenvalue weighted by atomic mass is 79.9. The van der Waals surface area contributed by atoms with Crippen molar-refractivity contribution < 1.29 is 14.5 Å². The van der Waals surface area contributed by atoms with Crippen LogP contribution in [-0.4, -0.2) is 23.7 Å². The third kappa shape index (κ3) is 7.25. The summed E-state index contributed by atoms with van der Waals surface area (Å²) >= 11 is 6.98. The molecule has 0 saturated carbocycles. The van der Waals surface area contributed by atoms with Gasteiger partial charge in [-0.1, -0.05) is 32.3 Å². The smallest absolute Gasteiger partial charge is 0.271 e. The molecule has 0 saturated heterocycles. The largest absolute Gasteiger partial charge is 0.491 e. The van der Waals surface area contributed by atoms with Gasteiger partial charge in [0.2, 0.25) is 0 Å². The lowest BCUT2D eigenvalue weighted by molar-refractivity contribution is -0.384. The van der Waals surface area contributed by atoms with Crippen LogP contribution in [0.2, 0.25) is 0 Å². The van der Waals surface area contributed by atoms with E-state index in [1.54, 1.807) is 0 Å². The average Bonchev–Trinajstić information content (AvgIpc) is 2.69. The van der Waals surface area contributed by atoms with Gasteiger partial charge in [0.25, 0.3) is 11.6 Å². The second kappa shape index (κ2) is 11.7. The molecule has 0 atom stereocenters. The highest BCUT2D eigenvalue weighted by Gasteiger charge is 2.11. The number of carbonyl (C=O) groups excluding carboxylic acids is 1. The van der Waals surface area contributed by atoms with Gasteiger partial charge in [-0.25, -0.2) is 5.43 Å². The Hall–Kier alpha value is -2.26. The first kappa shape index (κ1) is 23.0. The Morgan fingerprint density at radius 1 is 1.21 bits per heavy atom. The van der Waals surface area contributed by atoms with E-state index in [4.69, 9.17) is 4.74 Å². The summed E-state index contributed by atoms with van der Waals surface area (Å²) in [5.74, 6) is 0.189. The first-order valence-electron chi connectivity index (χ1n) is 9.12. The van der Waals surface area contributed by atoms with Crippen molar-refractivity contribution in [1.82, 2.24) is 5.43 Å². The molecule has 154 valence electrons. The second-order valence-corrected chi connectivity index (χ2v) is 7.94. The predicted molar refractivity (Wildman–Crippen MR) is 120 cm³/mol. The normalized spacial score (nSPS) is 10.9. The number of nitro benzene ring substituents is 1. The number of nitro groups is 1. The molecule has 29 heavy (non-hydrogen) atoms. The maximum Gasteiger partial charge on any atom is 0.271 e. The van der Waals surface area contributed by atoms with Crippen LogP contribution >= 0.6 is 31.9 Å². The third-order valence-corrected chi connectivity index (χ3v) is 5.14. The maximum atomic E-state index is 12.1. The SMILES string of the molecule is CCCCCCOc1c(Br)cc(/C=N/NC(=O)c2cccc([N+](=O)[O-])c2)cc1Br. The van der Waals surface area contributed by atoms with Crippen molar-refractivity contribution >= 4 is 49.7 Å². The molecule has 2 aromatic rings. The van der Waals surface area contributed by atoms with Gasteiger partial charge in [-0.15, -0.1) is 0 Å². The minimum absolute atomic E-state index is 0.153. The molecule has 7 nitrogen and oxygen atoms in total. The molecule has 2 rings (SSSR count). The number of rotatable bonds is 10. The molecule has 0 heterocycles. The number of halogens is 2. The van der Waals surface area contributed by atoms with Crippen LogP contribution < -0.4 is 10.2 Å². The standard InChI is InChI=1S/C20H21Br2N3O4/c1-2-3-4-5-9-29-19-17(21)10-14(11-18(19)22)13-23-24-20(26)15-7-6-8-16(12-15)25(27)28/h6-8,10-13H,2-5,9H2,1H3,(H,24,26)/b23-13+. The fourth-order valence-electron chi connectivity index (χ4n) is 2.49. The van der Waals surface area contributed by atoms with Gasteiger partial charge in [-0.05, 0) is 62.0 Å². The van der Waals surface area contributed by atoms with Crippen LogP contribution in [0.15, 0.2) is 50.4 Å². The quantitative estimate of drug-likeness (QED) is 0.182. The molecule has 0 aliphatic carbocycles. The summed E-state index contributed by atoms with van der Waals surface area (Å²) in [5.41, 5.74) is 3.11. The highest BCUT2D eigenvalue weighted by molar-refractivity contribution is 9.11. The molecular formula is C20H21Br2N3O4. The fourth-order valence-corrected chi connectivity index (χ4v) is 3.94. The topological polar surface area (TPSA) is 93.8 Å². The molecule has 0 aromatic heterocycles. The van der Waals surface area contributed by atoms with Gasteiger partial charge >= 0.3 is 0 Å². The maximum absolute atomic E-state index is 12.1. The summed E-state index contributed by atoms with van der Waals surface area (Å²) in [6.07, 6.45) is 6.00. The van der Waals surface area contributed by atoms with Crippen LogP contribution in [-0.2, 0) is 0 Å². The molecule has 1 N–H and O–H groups in total. The van der Waals surface area contributed by atoms with Crippen molar-refractivity contribution in [3.8, 4) is 5.75 Å². The minimum atomic E-state index is -0.553. The Kier molecular flexibility index (Phi) is 9.27. The Labute approximate surface area is 185 Å². The number of benzene rings is 2. The Morgan fingerprint density at radius 2 is 1.93 bits per heavy atom. The summed E-state index contributed by atoms with van der Waals surface area (Å²) in [4.78, 5) is 22.4. The zero-order chi connectivity index (χ0) is 21.2. The first-order chi connectivity index (χ1) is 13.9. The fraction of sp³-hybridized carbons (Fsp3) is 0.300. The van der Waals surface area contributed by atoms with Gasteiger partial charge in [-0.3, -0.25) is 14.9 Å². The lowest BCUT2D eigenvalue weighted by Gasteiger charge is -2.11. The van der Waals surface area contributed by atoms with E-state index in [0.29, 0.717) is 6.61 Å². The van der Waals surface area contributed by atoms with Gasteiger partial charge in [0.1, 0.15) is 5.75 Å². The number of unbranched alkanes of at least 4 members (excludes halogenated alkanes) is 3. The number of nitrogens with zero attached hydrogens (tertiary/aromatic N) is 2. The van der Waals surface area contributed by atoms with E-state index in [9.17, 15) is 14.9 Å². The predicted octanol–water partition coefficient (Wildman–Crippen LogP) is 5.84. The lowest BCUT2D eigenvalue weighted by atomic mass is 10.2. The summed E-state index contributed by atoms with van der Waals surface area (Å²) in [5, 5.41) is 14.7. The van der Waals surface area contributed by atoms with Crippen LogP contribution in [0, 0.1) is 10.1 Å². The van der Waals surface area contributed by atoms with E-state index < -0.39 is 10.8 Å². The van der Waals surface area contributed by atoms with E-state index in [-0.39, 0.29) is 11.3 Å². The van der Waals surface area contributed by atoms with Crippen LogP contribution in [0.1, 0.15) is 48.5 Å². The molecule has 0 radical (unpaired) electrons. The highest BCUT2D eigenvalue weighted by Crippen LogP contribution is 2.34. The van der Waals surface area contributed by atoms with Crippen molar-refractivity contribution in [2.24, 2.45) is 5.10 Å². The third-order valence-electron chi connectivity index (χ3n) is 3.96. The second-order valence-electron chi connectivity index (χ2n) is 6.23. The zero-order valence-corrected chi connectivity index (χ0v) is 19.0. The minimum Gasteiger partial charge on any atom is -0.491 e. The molecule has 0 spiro atoms. The number of hydrogen-bond donors (Lipinski definition) is 1. The average molecular weight is 527 g/mol. The van der Waals surface area contributed by atoms with E-state index in [0.717, 1.165) is 33.1 Å². The van der Waals surface area contributed by atoms with Crippen molar-refractivity contribution in [2.75, 3.05) is 6.61 Å². The summed E-state index contributed by atoms with van der Waals surface area (Å²) in [6, 6.07) is 9.11. The van der Waals surface area contributed by atoms with Gasteiger partial charge < -0.3 is 4.74 Å². The van der Waals surface area contributed by atoms with Gasteiger partial charge in [0, 0.05) is 17.7 Å². The Balaban J connectivity index is 1.97. The van der Waals surface area contributed by atoms with Crippen molar-refractivity contribution in [3.05, 3.63) is 66.6 Å².